The number of nitrogens with two attached hydrogens (primary N) is 1. The number of nitrogens with one attached hydrogen (secondary N) is 1. The topological polar surface area (TPSA) is 100 Å². The molecular formula is C20H22F2N6O. The number of anilines is 1. The number of allylic oxidation sites excluding steroid dienone is 1. The zero-order valence-electron chi connectivity index (χ0n) is 16.1. The quantitative estimate of drug-likeness (QED) is 0.593. The number of hydrogen-bond acceptors (Lipinski definition) is 6. The monoisotopic (exact) mass is 400 g/mol. The predicted octanol–water partition coefficient (Wildman–Crippen LogP) is 3.09. The number of aliphatic imine (C=N–C) groups is 1. The van der Waals surface area contributed by atoms with E-state index < -0.39 is 5.82 Å². The number of benzene rings is 1. The van der Waals surface area contributed by atoms with E-state index in [1.165, 1.54) is 30.3 Å². The summed E-state index contributed by atoms with van der Waals surface area (Å²) in [5.41, 5.74) is 6.91. The van der Waals surface area contributed by atoms with Crippen molar-refractivity contribution in [3.63, 3.8) is 0 Å². The first kappa shape index (κ1) is 20.5. The Labute approximate surface area is 167 Å². The smallest absolute Gasteiger partial charge is 0.227 e. The van der Waals surface area contributed by atoms with Crippen LogP contribution >= 0.6 is 0 Å². The molecular weight excluding hydrogens is 378 g/mol. The van der Waals surface area contributed by atoms with Crippen LogP contribution in [-0.2, 0) is 4.74 Å². The van der Waals surface area contributed by atoms with Crippen LogP contribution in [-0.4, -0.2) is 47.3 Å². The molecule has 7 nitrogen and oxygen atoms in total. The molecule has 3 N–H and O–H groups in total. The van der Waals surface area contributed by atoms with Gasteiger partial charge in [0.25, 0.3) is 0 Å². The molecule has 0 amide bonds. The van der Waals surface area contributed by atoms with Crippen LogP contribution in [0.4, 0.5) is 20.5 Å². The Bertz CT molecular complexity index is 934. The van der Waals surface area contributed by atoms with Gasteiger partial charge in [0.05, 0.1) is 18.4 Å². The minimum Gasteiger partial charge on any atom is -0.384 e. The molecule has 1 aromatic carbocycles. The van der Waals surface area contributed by atoms with Crippen molar-refractivity contribution in [2.75, 3.05) is 18.0 Å². The Hall–Kier alpha value is -3.20. The third-order valence-corrected chi connectivity index (χ3v) is 4.29. The lowest BCUT2D eigenvalue weighted by atomic mass is 10.1. The average molecular weight is 400 g/mol. The molecule has 3 rings (SSSR count). The number of halogens is 2. The molecule has 1 aliphatic rings. The van der Waals surface area contributed by atoms with Crippen molar-refractivity contribution < 1.29 is 13.5 Å². The Balaban J connectivity index is 1.88. The van der Waals surface area contributed by atoms with E-state index in [2.05, 4.69) is 15.0 Å². The zero-order valence-corrected chi connectivity index (χ0v) is 16.1. The van der Waals surface area contributed by atoms with Crippen LogP contribution in [0.2, 0.25) is 0 Å². The van der Waals surface area contributed by atoms with Gasteiger partial charge >= 0.3 is 0 Å². The highest BCUT2D eigenvalue weighted by Crippen LogP contribution is 2.21. The molecule has 0 bridgehead atoms. The van der Waals surface area contributed by atoms with E-state index >= 15 is 0 Å². The maximum atomic E-state index is 14.2. The summed E-state index contributed by atoms with van der Waals surface area (Å²) < 4.78 is 33.0. The average Bonchev–Trinajstić information content (AvgIpc) is 2.68. The van der Waals surface area contributed by atoms with Gasteiger partial charge in [-0.05, 0) is 37.6 Å². The first-order valence-corrected chi connectivity index (χ1v) is 9.11. The van der Waals surface area contributed by atoms with Gasteiger partial charge in [0, 0.05) is 24.9 Å². The molecule has 1 aromatic heterocycles. The second-order valence-electron chi connectivity index (χ2n) is 6.79. The van der Waals surface area contributed by atoms with Gasteiger partial charge in [0.15, 0.2) is 11.6 Å². The van der Waals surface area contributed by atoms with E-state index in [0.717, 1.165) is 12.4 Å². The van der Waals surface area contributed by atoms with E-state index in [4.69, 9.17) is 15.9 Å². The lowest BCUT2D eigenvalue weighted by Gasteiger charge is -2.35. The third kappa shape index (κ3) is 5.20. The first-order valence-electron chi connectivity index (χ1n) is 9.11. The summed E-state index contributed by atoms with van der Waals surface area (Å²) >= 11 is 0. The van der Waals surface area contributed by atoms with Crippen LogP contribution < -0.4 is 10.6 Å². The molecule has 1 fully saturated rings. The normalized spacial score (nSPS) is 20.6. The molecule has 29 heavy (non-hydrogen) atoms. The standard InChI is InChI=1S/C20H22F2N6O/c1-12-10-28(11-13(2)29-12)20-25-9-17(22)19(27-20)26-18(24)7-15(8-23)14-3-5-16(21)6-4-14/h3-9,12-13,23H,10-11H2,1-2H3,(H2,24,25,26,27)/b15-7+,23-8?/t12-,13+. The molecule has 0 spiro atoms. The molecule has 1 saturated heterocycles. The van der Waals surface area contributed by atoms with Crippen molar-refractivity contribution in [1.29, 1.82) is 5.41 Å². The van der Waals surface area contributed by atoms with Crippen molar-refractivity contribution in [3.05, 3.63) is 53.7 Å². The van der Waals surface area contributed by atoms with E-state index in [1.54, 1.807) is 0 Å². The number of ether oxygens (including phenoxy) is 1. The molecule has 0 aliphatic carbocycles. The minimum absolute atomic E-state index is 0.00165. The molecule has 0 saturated carbocycles. The summed E-state index contributed by atoms with van der Waals surface area (Å²) in [6.45, 7) is 5.05. The maximum absolute atomic E-state index is 14.2. The molecule has 2 heterocycles. The predicted molar refractivity (Wildman–Crippen MR) is 109 cm³/mol. The van der Waals surface area contributed by atoms with Gasteiger partial charge in [-0.1, -0.05) is 12.1 Å². The van der Waals surface area contributed by atoms with Gasteiger partial charge in [-0.3, -0.25) is 0 Å². The fourth-order valence-corrected chi connectivity index (χ4v) is 3.09. The number of morpholine rings is 1. The van der Waals surface area contributed by atoms with Gasteiger partial charge in [-0.25, -0.2) is 18.8 Å². The van der Waals surface area contributed by atoms with Gasteiger partial charge in [0.2, 0.25) is 5.95 Å². The molecule has 0 unspecified atom stereocenters. The van der Waals surface area contributed by atoms with E-state index in [9.17, 15) is 8.78 Å². The summed E-state index contributed by atoms with van der Waals surface area (Å²) in [6.07, 6.45) is 3.52. The Morgan fingerprint density at radius 3 is 2.52 bits per heavy atom. The van der Waals surface area contributed by atoms with Crippen LogP contribution in [0.1, 0.15) is 19.4 Å². The summed E-state index contributed by atoms with van der Waals surface area (Å²) in [5.74, 6) is -0.992. The fraction of sp³-hybridized carbons (Fsp3) is 0.300. The number of nitrogens with zero attached hydrogens (tertiary/aromatic N) is 4. The fourth-order valence-electron chi connectivity index (χ4n) is 3.09. The highest BCUT2D eigenvalue weighted by Gasteiger charge is 2.24. The molecule has 1 aliphatic heterocycles. The Morgan fingerprint density at radius 2 is 1.90 bits per heavy atom. The molecule has 2 atom stereocenters. The van der Waals surface area contributed by atoms with Crippen LogP contribution in [0, 0.1) is 17.0 Å². The lowest BCUT2D eigenvalue weighted by Crippen LogP contribution is -2.46. The summed E-state index contributed by atoms with van der Waals surface area (Å²) in [5, 5.41) is 7.56. The zero-order chi connectivity index (χ0) is 21.0. The van der Waals surface area contributed by atoms with Crippen molar-refractivity contribution in [2.45, 2.75) is 26.1 Å². The van der Waals surface area contributed by atoms with Gasteiger partial charge < -0.3 is 20.8 Å². The van der Waals surface area contributed by atoms with Crippen molar-refractivity contribution >= 4 is 29.4 Å². The highest BCUT2D eigenvalue weighted by molar-refractivity contribution is 6.15. The number of aromatic nitrogens is 2. The van der Waals surface area contributed by atoms with Crippen LogP contribution in [0.25, 0.3) is 5.57 Å². The Kier molecular flexibility index (Phi) is 6.28. The minimum atomic E-state index is -0.711. The van der Waals surface area contributed by atoms with E-state index in [-0.39, 0.29) is 29.7 Å². The molecule has 0 radical (unpaired) electrons. The second-order valence-corrected chi connectivity index (χ2v) is 6.79. The van der Waals surface area contributed by atoms with Crippen LogP contribution in [0.3, 0.4) is 0 Å². The van der Waals surface area contributed by atoms with Crippen LogP contribution in [0.15, 0.2) is 41.5 Å². The molecule has 2 aromatic rings. The van der Waals surface area contributed by atoms with Gasteiger partial charge in [-0.15, -0.1) is 0 Å². The summed E-state index contributed by atoms with van der Waals surface area (Å²) in [7, 11) is 0. The number of rotatable bonds is 5. The highest BCUT2D eigenvalue weighted by atomic mass is 19.1. The van der Waals surface area contributed by atoms with E-state index in [1.807, 2.05) is 18.7 Å². The lowest BCUT2D eigenvalue weighted by molar-refractivity contribution is -0.00572. The van der Waals surface area contributed by atoms with Crippen molar-refractivity contribution in [1.82, 2.24) is 9.97 Å². The summed E-state index contributed by atoms with van der Waals surface area (Å²) in [6, 6.07) is 5.59. The van der Waals surface area contributed by atoms with Crippen molar-refractivity contribution in [3.8, 4) is 0 Å². The molecule has 152 valence electrons. The third-order valence-electron chi connectivity index (χ3n) is 4.29. The maximum Gasteiger partial charge on any atom is 0.227 e. The molecule has 9 heteroatoms. The number of hydrogen-bond donors (Lipinski definition) is 2. The van der Waals surface area contributed by atoms with Crippen molar-refractivity contribution in [2.24, 2.45) is 10.7 Å². The second kappa shape index (κ2) is 8.87. The SMILES string of the molecule is C[C@@H]1CN(c2ncc(F)c(N=C(N)/C=C(\C=N)c3ccc(F)cc3)n2)C[C@H](C)O1. The largest absolute Gasteiger partial charge is 0.384 e. The van der Waals surface area contributed by atoms with Gasteiger partial charge in [0.1, 0.15) is 11.7 Å². The Morgan fingerprint density at radius 1 is 1.24 bits per heavy atom. The first-order chi connectivity index (χ1) is 13.9. The number of amidine groups is 1. The van der Waals surface area contributed by atoms with Crippen LogP contribution in [0.5, 0.6) is 0 Å². The summed E-state index contributed by atoms with van der Waals surface area (Å²) in [4.78, 5) is 14.2. The van der Waals surface area contributed by atoms with Gasteiger partial charge in [-0.2, -0.15) is 4.98 Å². The van der Waals surface area contributed by atoms with E-state index in [0.29, 0.717) is 30.2 Å².